The Balaban J connectivity index is 2.29. The molecule has 3 aromatic rings. The predicted molar refractivity (Wildman–Crippen MR) is 79.1 cm³/mol. The molecular formula is C14H14F2N4S. The van der Waals surface area contributed by atoms with Gasteiger partial charge < -0.3 is 4.98 Å². The van der Waals surface area contributed by atoms with Gasteiger partial charge in [-0.15, -0.1) is 0 Å². The minimum atomic E-state index is -0.903. The molecule has 1 aromatic carbocycles. The summed E-state index contributed by atoms with van der Waals surface area (Å²) in [6, 6.07) is 3.72. The zero-order valence-corrected chi connectivity index (χ0v) is 12.5. The van der Waals surface area contributed by atoms with E-state index in [1.165, 1.54) is 6.07 Å². The summed E-state index contributed by atoms with van der Waals surface area (Å²) in [5.74, 6) is -1.78. The summed E-state index contributed by atoms with van der Waals surface area (Å²) in [7, 11) is 1.81. The third kappa shape index (κ3) is 2.17. The summed E-state index contributed by atoms with van der Waals surface area (Å²) in [5, 5.41) is 4.46. The lowest BCUT2D eigenvalue weighted by molar-refractivity contribution is 0.508. The molecule has 0 fully saturated rings. The van der Waals surface area contributed by atoms with Crippen LogP contribution in [0.25, 0.3) is 16.9 Å². The van der Waals surface area contributed by atoms with E-state index in [1.807, 2.05) is 0 Å². The molecule has 0 aliphatic heterocycles. The maximum absolute atomic E-state index is 13.5. The zero-order chi connectivity index (χ0) is 15.1. The number of nitrogens with one attached hydrogen (secondary N) is 1. The molecular weight excluding hydrogens is 294 g/mol. The quantitative estimate of drug-likeness (QED) is 0.750. The Morgan fingerprint density at radius 1 is 1.29 bits per heavy atom. The molecule has 0 radical (unpaired) electrons. The summed E-state index contributed by atoms with van der Waals surface area (Å²) in [6.45, 7) is 2.07. The van der Waals surface area contributed by atoms with Crippen LogP contribution in [0.1, 0.15) is 19.0 Å². The fourth-order valence-electron chi connectivity index (χ4n) is 2.49. The van der Waals surface area contributed by atoms with Gasteiger partial charge in [-0.3, -0.25) is 4.57 Å². The van der Waals surface area contributed by atoms with E-state index < -0.39 is 11.6 Å². The minimum absolute atomic E-state index is 0.432. The summed E-state index contributed by atoms with van der Waals surface area (Å²) in [5.41, 5.74) is 2.97. The van der Waals surface area contributed by atoms with Crippen LogP contribution >= 0.6 is 12.2 Å². The van der Waals surface area contributed by atoms with E-state index in [0.717, 1.165) is 41.8 Å². The second kappa shape index (κ2) is 5.07. The average molecular weight is 308 g/mol. The monoisotopic (exact) mass is 308 g/mol. The van der Waals surface area contributed by atoms with Crippen molar-refractivity contribution in [2.24, 2.45) is 7.05 Å². The van der Waals surface area contributed by atoms with Crippen molar-refractivity contribution in [2.45, 2.75) is 19.8 Å². The standard InChI is InChI=1S/C14H14F2N4S/c1-3-4-11-12-13(19(2)18-11)20(14(21)17-12)8-5-6-9(15)10(16)7-8/h5-7H,3-4H2,1-2H3,(H,17,21). The zero-order valence-electron chi connectivity index (χ0n) is 11.7. The molecule has 0 unspecified atom stereocenters. The van der Waals surface area contributed by atoms with Gasteiger partial charge in [-0.25, -0.2) is 13.5 Å². The lowest BCUT2D eigenvalue weighted by atomic mass is 10.2. The first-order valence-electron chi connectivity index (χ1n) is 6.65. The number of hydrogen-bond acceptors (Lipinski definition) is 2. The topological polar surface area (TPSA) is 38.5 Å². The molecule has 110 valence electrons. The van der Waals surface area contributed by atoms with Crippen molar-refractivity contribution < 1.29 is 8.78 Å². The van der Waals surface area contributed by atoms with E-state index in [0.29, 0.717) is 10.5 Å². The van der Waals surface area contributed by atoms with Crippen LogP contribution in [0.2, 0.25) is 0 Å². The number of imidazole rings is 1. The molecule has 2 heterocycles. The number of aromatic nitrogens is 4. The molecule has 7 heteroatoms. The Bertz CT molecular complexity index is 875. The summed E-state index contributed by atoms with van der Waals surface area (Å²) < 4.78 is 30.4. The van der Waals surface area contributed by atoms with Crippen molar-refractivity contribution in [1.82, 2.24) is 19.3 Å². The highest BCUT2D eigenvalue weighted by atomic mass is 32.1. The molecule has 3 rings (SSSR count). The number of aromatic amines is 1. The van der Waals surface area contributed by atoms with Gasteiger partial charge >= 0.3 is 0 Å². The van der Waals surface area contributed by atoms with Gasteiger partial charge in [0.25, 0.3) is 0 Å². The molecule has 0 aliphatic carbocycles. The van der Waals surface area contributed by atoms with Gasteiger partial charge in [0, 0.05) is 13.1 Å². The molecule has 0 bridgehead atoms. The van der Waals surface area contributed by atoms with E-state index in [1.54, 1.807) is 16.3 Å². The third-order valence-corrected chi connectivity index (χ3v) is 3.67. The average Bonchev–Trinajstić information content (AvgIpc) is 2.92. The van der Waals surface area contributed by atoms with Crippen molar-refractivity contribution in [1.29, 1.82) is 0 Å². The maximum Gasteiger partial charge on any atom is 0.184 e. The summed E-state index contributed by atoms with van der Waals surface area (Å²) in [4.78, 5) is 3.11. The maximum atomic E-state index is 13.5. The highest BCUT2D eigenvalue weighted by molar-refractivity contribution is 7.71. The first-order valence-corrected chi connectivity index (χ1v) is 7.05. The van der Waals surface area contributed by atoms with Crippen molar-refractivity contribution in [3.63, 3.8) is 0 Å². The Morgan fingerprint density at radius 3 is 2.71 bits per heavy atom. The lowest BCUT2D eigenvalue weighted by Gasteiger charge is -2.05. The van der Waals surface area contributed by atoms with E-state index in [-0.39, 0.29) is 0 Å². The highest BCUT2D eigenvalue weighted by Crippen LogP contribution is 2.23. The lowest BCUT2D eigenvalue weighted by Crippen LogP contribution is -2.02. The van der Waals surface area contributed by atoms with Crippen LogP contribution in [0.15, 0.2) is 18.2 Å². The summed E-state index contributed by atoms with van der Waals surface area (Å²) in [6.07, 6.45) is 1.79. The van der Waals surface area contributed by atoms with E-state index >= 15 is 0 Å². The number of aryl methyl sites for hydroxylation is 2. The number of H-pyrrole nitrogens is 1. The minimum Gasteiger partial charge on any atom is -0.327 e. The first-order chi connectivity index (χ1) is 10.0. The fourth-order valence-corrected chi connectivity index (χ4v) is 2.78. The molecule has 0 spiro atoms. The van der Waals surface area contributed by atoms with Gasteiger partial charge in [-0.2, -0.15) is 5.10 Å². The molecule has 4 nitrogen and oxygen atoms in total. The van der Waals surface area contributed by atoms with E-state index in [9.17, 15) is 8.78 Å². The third-order valence-electron chi connectivity index (χ3n) is 3.38. The van der Waals surface area contributed by atoms with Crippen LogP contribution in [0.3, 0.4) is 0 Å². The van der Waals surface area contributed by atoms with Gasteiger partial charge in [0.15, 0.2) is 22.1 Å². The van der Waals surface area contributed by atoms with Crippen LogP contribution in [0.4, 0.5) is 8.78 Å². The number of halogens is 2. The Hall–Kier alpha value is -2.02. The first kappa shape index (κ1) is 13.9. The van der Waals surface area contributed by atoms with Crippen LogP contribution in [0.5, 0.6) is 0 Å². The van der Waals surface area contributed by atoms with E-state index in [4.69, 9.17) is 12.2 Å². The van der Waals surface area contributed by atoms with Gasteiger partial charge in [0.2, 0.25) is 0 Å². The molecule has 0 saturated heterocycles. The van der Waals surface area contributed by atoms with Crippen LogP contribution < -0.4 is 0 Å². The van der Waals surface area contributed by atoms with Crippen molar-refractivity contribution in [2.75, 3.05) is 0 Å². The van der Waals surface area contributed by atoms with Crippen LogP contribution in [-0.2, 0) is 13.5 Å². The Kier molecular flexibility index (Phi) is 3.36. The highest BCUT2D eigenvalue weighted by Gasteiger charge is 2.16. The molecule has 0 amide bonds. The number of rotatable bonds is 3. The Labute approximate surface area is 125 Å². The van der Waals surface area contributed by atoms with Crippen LogP contribution in [-0.4, -0.2) is 19.3 Å². The molecule has 2 aromatic heterocycles. The summed E-state index contributed by atoms with van der Waals surface area (Å²) >= 11 is 5.32. The molecule has 0 aliphatic rings. The molecule has 0 saturated carbocycles. The van der Waals surface area contributed by atoms with Gasteiger partial charge in [0.05, 0.1) is 11.4 Å². The Morgan fingerprint density at radius 2 is 2.05 bits per heavy atom. The molecule has 0 atom stereocenters. The molecule has 1 N–H and O–H groups in total. The number of fused-ring (bicyclic) bond motifs is 1. The van der Waals surface area contributed by atoms with Gasteiger partial charge in [-0.1, -0.05) is 13.3 Å². The van der Waals surface area contributed by atoms with Gasteiger partial charge in [0.1, 0.15) is 5.52 Å². The van der Waals surface area contributed by atoms with E-state index in [2.05, 4.69) is 17.0 Å². The predicted octanol–water partition coefficient (Wildman–Crippen LogP) is 3.65. The van der Waals surface area contributed by atoms with Gasteiger partial charge in [-0.05, 0) is 30.8 Å². The largest absolute Gasteiger partial charge is 0.327 e. The molecule has 21 heavy (non-hydrogen) atoms. The second-order valence-corrected chi connectivity index (χ2v) is 5.27. The smallest absolute Gasteiger partial charge is 0.184 e. The number of hydrogen-bond donors (Lipinski definition) is 1. The SMILES string of the molecule is CCCc1nn(C)c2c1[nH]c(=S)n2-c1ccc(F)c(F)c1. The van der Waals surface area contributed by atoms with Crippen LogP contribution in [0, 0.1) is 16.4 Å². The number of benzene rings is 1. The second-order valence-electron chi connectivity index (χ2n) is 4.88. The van der Waals surface area contributed by atoms with Crippen molar-refractivity contribution in [3.8, 4) is 5.69 Å². The normalized spacial score (nSPS) is 11.4. The number of nitrogens with zero attached hydrogens (tertiary/aromatic N) is 3. The fraction of sp³-hybridized carbons (Fsp3) is 0.286. The van der Waals surface area contributed by atoms with Crippen molar-refractivity contribution >= 4 is 23.4 Å². The van der Waals surface area contributed by atoms with Crippen molar-refractivity contribution in [3.05, 3.63) is 40.3 Å².